The molecule has 0 aliphatic carbocycles. The van der Waals surface area contributed by atoms with Crippen LogP contribution in [-0.4, -0.2) is 41.9 Å². The molecule has 1 aliphatic heterocycles. The standard InChI is InChI=1S/C22H26N4O3S2/c1-4-16-9-5-6-10-18(16)24-31(28,29)17-13-19(25(3)14-17)21-23-15(2)20(30-21)22(27)26-11-7-8-12-26/h5-6,9-10,13-14,24H,4,7-8,11-12H2,1-3H3. The zero-order chi connectivity index (χ0) is 22.2. The Morgan fingerprint density at radius 3 is 2.65 bits per heavy atom. The van der Waals surface area contributed by atoms with Crippen LogP contribution in [0.3, 0.4) is 0 Å². The Labute approximate surface area is 186 Å². The number of thiazole rings is 1. The Balaban J connectivity index is 1.63. The number of anilines is 1. The summed E-state index contributed by atoms with van der Waals surface area (Å²) in [5.74, 6) is 0.0126. The second kappa shape index (κ2) is 8.47. The van der Waals surface area contributed by atoms with Crippen molar-refractivity contribution < 1.29 is 13.2 Å². The number of sulfonamides is 1. The van der Waals surface area contributed by atoms with Gasteiger partial charge in [-0.1, -0.05) is 25.1 Å². The summed E-state index contributed by atoms with van der Waals surface area (Å²) in [7, 11) is -1.97. The lowest BCUT2D eigenvalue weighted by Gasteiger charge is -2.13. The van der Waals surface area contributed by atoms with Gasteiger partial charge in [-0.2, -0.15) is 0 Å². The molecule has 2 aromatic heterocycles. The quantitative estimate of drug-likeness (QED) is 0.604. The van der Waals surface area contributed by atoms with Crippen molar-refractivity contribution >= 4 is 33.0 Å². The third kappa shape index (κ3) is 4.24. The molecule has 1 aliphatic rings. The fourth-order valence-electron chi connectivity index (χ4n) is 3.79. The lowest BCUT2D eigenvalue weighted by atomic mass is 10.1. The molecular formula is C22H26N4O3S2. The number of amides is 1. The maximum Gasteiger partial charge on any atom is 0.265 e. The van der Waals surface area contributed by atoms with Gasteiger partial charge >= 0.3 is 0 Å². The number of hydrogen-bond donors (Lipinski definition) is 1. The Morgan fingerprint density at radius 1 is 1.23 bits per heavy atom. The largest absolute Gasteiger partial charge is 0.347 e. The van der Waals surface area contributed by atoms with E-state index in [0.29, 0.717) is 27.0 Å². The van der Waals surface area contributed by atoms with Crippen LogP contribution in [0.2, 0.25) is 0 Å². The van der Waals surface area contributed by atoms with Crippen LogP contribution in [0.25, 0.3) is 10.7 Å². The molecule has 9 heteroatoms. The molecule has 3 heterocycles. The minimum atomic E-state index is -3.76. The van der Waals surface area contributed by atoms with Gasteiger partial charge in [0.1, 0.15) is 14.8 Å². The molecule has 1 aromatic carbocycles. The van der Waals surface area contributed by atoms with E-state index >= 15 is 0 Å². The highest BCUT2D eigenvalue weighted by Gasteiger charge is 2.26. The summed E-state index contributed by atoms with van der Waals surface area (Å²) in [5.41, 5.74) is 2.86. The third-order valence-electron chi connectivity index (χ3n) is 5.54. The molecule has 0 spiro atoms. The van der Waals surface area contributed by atoms with E-state index in [1.54, 1.807) is 29.9 Å². The molecule has 7 nitrogen and oxygen atoms in total. The van der Waals surface area contributed by atoms with Crippen molar-refractivity contribution in [3.63, 3.8) is 0 Å². The number of aryl methyl sites for hydroxylation is 3. The maximum absolute atomic E-state index is 13.0. The summed E-state index contributed by atoms with van der Waals surface area (Å²) in [6.45, 7) is 5.37. The summed E-state index contributed by atoms with van der Waals surface area (Å²) < 4.78 is 30.5. The molecule has 0 unspecified atom stereocenters. The Bertz CT molecular complexity index is 1220. The normalized spacial score (nSPS) is 14.2. The Hall–Kier alpha value is -2.65. The van der Waals surface area contributed by atoms with E-state index in [2.05, 4.69) is 9.71 Å². The molecule has 164 valence electrons. The summed E-state index contributed by atoms with van der Waals surface area (Å²) in [4.78, 5) is 20.0. The lowest BCUT2D eigenvalue weighted by molar-refractivity contribution is 0.0796. The minimum absolute atomic E-state index is 0.0126. The zero-order valence-electron chi connectivity index (χ0n) is 17.9. The summed E-state index contributed by atoms with van der Waals surface area (Å²) in [5, 5.41) is 0.637. The number of aromatic nitrogens is 2. The first kappa shape index (κ1) is 21.6. The predicted molar refractivity (Wildman–Crippen MR) is 123 cm³/mol. The molecule has 0 atom stereocenters. The predicted octanol–water partition coefficient (Wildman–Crippen LogP) is 4.06. The molecule has 0 bridgehead atoms. The molecule has 3 aromatic rings. The summed E-state index contributed by atoms with van der Waals surface area (Å²) in [6.07, 6.45) is 4.36. The van der Waals surface area contributed by atoms with Crippen LogP contribution < -0.4 is 4.72 Å². The Kier molecular flexibility index (Phi) is 5.90. The number of hydrogen-bond acceptors (Lipinski definition) is 5. The maximum atomic E-state index is 13.0. The number of para-hydroxylation sites is 1. The van der Waals surface area contributed by atoms with E-state index in [-0.39, 0.29) is 10.8 Å². The van der Waals surface area contributed by atoms with Crippen LogP contribution in [0.1, 0.15) is 40.7 Å². The van der Waals surface area contributed by atoms with Gasteiger partial charge in [0.25, 0.3) is 15.9 Å². The van der Waals surface area contributed by atoms with Gasteiger partial charge < -0.3 is 9.47 Å². The molecule has 4 rings (SSSR count). The SMILES string of the molecule is CCc1ccccc1NS(=O)(=O)c1cc(-c2nc(C)c(C(=O)N3CCCC3)s2)n(C)c1. The third-order valence-corrected chi connectivity index (χ3v) is 8.04. The van der Waals surface area contributed by atoms with Crippen molar-refractivity contribution in [1.29, 1.82) is 0 Å². The molecule has 1 saturated heterocycles. The van der Waals surface area contributed by atoms with Crippen LogP contribution in [0.5, 0.6) is 0 Å². The van der Waals surface area contributed by atoms with E-state index in [4.69, 9.17) is 0 Å². The summed E-state index contributed by atoms with van der Waals surface area (Å²) in [6, 6.07) is 8.99. The summed E-state index contributed by atoms with van der Waals surface area (Å²) >= 11 is 1.32. The van der Waals surface area contributed by atoms with Gasteiger partial charge in [-0.15, -0.1) is 11.3 Å². The average Bonchev–Trinajstić information content (AvgIpc) is 3.47. The van der Waals surface area contributed by atoms with Crippen molar-refractivity contribution in [2.75, 3.05) is 17.8 Å². The first-order chi connectivity index (χ1) is 14.8. The molecule has 1 fully saturated rings. The highest BCUT2D eigenvalue weighted by Crippen LogP contribution is 2.32. The lowest BCUT2D eigenvalue weighted by Crippen LogP contribution is -2.27. The molecule has 1 amide bonds. The highest BCUT2D eigenvalue weighted by atomic mass is 32.2. The van der Waals surface area contributed by atoms with E-state index in [0.717, 1.165) is 37.9 Å². The molecule has 0 radical (unpaired) electrons. The van der Waals surface area contributed by atoms with Gasteiger partial charge in [-0.05, 0) is 43.9 Å². The van der Waals surface area contributed by atoms with Gasteiger partial charge in [0, 0.05) is 26.3 Å². The topological polar surface area (TPSA) is 84.3 Å². The van der Waals surface area contributed by atoms with E-state index in [9.17, 15) is 13.2 Å². The number of nitrogens with one attached hydrogen (secondary N) is 1. The van der Waals surface area contributed by atoms with Crippen molar-refractivity contribution in [2.24, 2.45) is 7.05 Å². The highest BCUT2D eigenvalue weighted by molar-refractivity contribution is 7.92. The minimum Gasteiger partial charge on any atom is -0.347 e. The molecule has 1 N–H and O–H groups in total. The first-order valence-corrected chi connectivity index (χ1v) is 12.6. The van der Waals surface area contributed by atoms with Gasteiger partial charge in [0.05, 0.1) is 17.1 Å². The van der Waals surface area contributed by atoms with E-state index < -0.39 is 10.0 Å². The number of carbonyl (C=O) groups excluding carboxylic acids is 1. The number of rotatable bonds is 6. The average molecular weight is 459 g/mol. The number of carbonyl (C=O) groups is 1. The second-order valence-corrected chi connectivity index (χ2v) is 10.4. The van der Waals surface area contributed by atoms with Gasteiger partial charge in [0.15, 0.2) is 0 Å². The van der Waals surface area contributed by atoms with E-state index in [1.165, 1.54) is 11.3 Å². The van der Waals surface area contributed by atoms with Crippen molar-refractivity contribution in [1.82, 2.24) is 14.5 Å². The van der Waals surface area contributed by atoms with Crippen molar-refractivity contribution in [3.8, 4) is 10.7 Å². The molecular weight excluding hydrogens is 432 g/mol. The van der Waals surface area contributed by atoms with Crippen LogP contribution in [-0.2, 0) is 23.5 Å². The first-order valence-electron chi connectivity index (χ1n) is 10.3. The van der Waals surface area contributed by atoms with Gasteiger partial charge in [0.2, 0.25) is 0 Å². The molecule has 31 heavy (non-hydrogen) atoms. The fraction of sp³-hybridized carbons (Fsp3) is 0.364. The monoisotopic (exact) mass is 458 g/mol. The smallest absolute Gasteiger partial charge is 0.265 e. The Morgan fingerprint density at radius 2 is 1.94 bits per heavy atom. The number of likely N-dealkylation sites (tertiary alicyclic amines) is 1. The van der Waals surface area contributed by atoms with Crippen molar-refractivity contribution in [2.45, 2.75) is 38.0 Å². The van der Waals surface area contributed by atoms with Crippen LogP contribution in [0.4, 0.5) is 5.69 Å². The van der Waals surface area contributed by atoms with Crippen LogP contribution in [0, 0.1) is 6.92 Å². The van der Waals surface area contributed by atoms with E-state index in [1.807, 2.05) is 36.9 Å². The second-order valence-electron chi connectivity index (χ2n) is 7.72. The number of benzene rings is 1. The van der Waals surface area contributed by atoms with Crippen LogP contribution >= 0.6 is 11.3 Å². The molecule has 0 saturated carbocycles. The van der Waals surface area contributed by atoms with Crippen molar-refractivity contribution in [3.05, 3.63) is 52.7 Å². The zero-order valence-corrected chi connectivity index (χ0v) is 19.5. The van der Waals surface area contributed by atoms with Gasteiger partial charge in [-0.25, -0.2) is 13.4 Å². The fourth-order valence-corrected chi connectivity index (χ4v) is 6.06. The van der Waals surface area contributed by atoms with Crippen LogP contribution in [0.15, 0.2) is 41.4 Å². The van der Waals surface area contributed by atoms with Gasteiger partial charge in [-0.3, -0.25) is 9.52 Å². The number of nitrogens with zero attached hydrogens (tertiary/aromatic N) is 3.